The second-order valence-corrected chi connectivity index (χ2v) is 15.3. The van der Waals surface area contributed by atoms with Gasteiger partial charge < -0.3 is 0 Å². The molecule has 6 atom stereocenters. The van der Waals surface area contributed by atoms with E-state index in [0.29, 0.717) is 0 Å². The molecule has 4 aliphatic rings. The van der Waals surface area contributed by atoms with Crippen molar-refractivity contribution in [3.63, 3.8) is 0 Å². The van der Waals surface area contributed by atoms with E-state index in [1.165, 1.54) is 69.3 Å². The molecule has 3 heterocycles. The maximum Gasteiger partial charge on any atom is 0.0846 e. The first-order valence-corrected chi connectivity index (χ1v) is 15.3. The molecule has 0 bridgehead atoms. The van der Waals surface area contributed by atoms with Gasteiger partial charge in [-0.25, -0.2) is 0 Å². The lowest BCUT2D eigenvalue weighted by Gasteiger charge is -2.38. The van der Waals surface area contributed by atoms with Crippen LogP contribution in [0.25, 0.3) is 0 Å². The zero-order chi connectivity index (χ0) is 17.3. The molecule has 26 heavy (non-hydrogen) atoms. The minimum atomic E-state index is 0.725. The monoisotopic (exact) mass is 442 g/mol. The standard InChI is InChI=1S/C21H30S5/c1-3-7-17-14(5-1)12-22-20(25-17)11-16-9-10-19(24-16)21-23-13-15-6-2-4-8-18(15)26-21/h9-10,14-15,17-18,20-21H,1-8,11-13H2/t14?,15?,17-,18?,20?,21?/m0/s1. The molecule has 144 valence electrons. The van der Waals surface area contributed by atoms with E-state index in [9.17, 15) is 0 Å². The van der Waals surface area contributed by atoms with Gasteiger partial charge in [0.15, 0.2) is 0 Å². The van der Waals surface area contributed by atoms with Gasteiger partial charge >= 0.3 is 0 Å². The Kier molecular flexibility index (Phi) is 6.50. The van der Waals surface area contributed by atoms with Crippen LogP contribution >= 0.6 is 58.4 Å². The van der Waals surface area contributed by atoms with Gasteiger partial charge in [0, 0.05) is 26.7 Å². The number of hydrogen-bond donors (Lipinski definition) is 0. The van der Waals surface area contributed by atoms with E-state index in [0.717, 1.165) is 31.5 Å². The highest BCUT2D eigenvalue weighted by atomic mass is 32.2. The lowest BCUT2D eigenvalue weighted by atomic mass is 9.90. The Balaban J connectivity index is 1.18. The molecule has 0 spiro atoms. The van der Waals surface area contributed by atoms with Crippen LogP contribution in [-0.4, -0.2) is 26.6 Å². The third-order valence-corrected chi connectivity index (χ3v) is 14.7. The Morgan fingerprint density at radius 3 is 2.27 bits per heavy atom. The maximum atomic E-state index is 2.47. The highest BCUT2D eigenvalue weighted by Crippen LogP contribution is 2.54. The van der Waals surface area contributed by atoms with Crippen molar-refractivity contribution in [2.45, 2.75) is 77.5 Å². The summed E-state index contributed by atoms with van der Waals surface area (Å²) < 4.78 is 1.54. The van der Waals surface area contributed by atoms with E-state index in [4.69, 9.17) is 0 Å². The van der Waals surface area contributed by atoms with Gasteiger partial charge in [-0.15, -0.1) is 58.4 Å². The second-order valence-electron chi connectivity index (χ2n) is 8.37. The second kappa shape index (κ2) is 8.85. The molecule has 2 saturated heterocycles. The molecular formula is C21H30S5. The minimum Gasteiger partial charge on any atom is -0.147 e. The van der Waals surface area contributed by atoms with Gasteiger partial charge in [-0.05, 0) is 61.2 Å². The van der Waals surface area contributed by atoms with Crippen LogP contribution in [0.15, 0.2) is 12.1 Å². The number of thioether (sulfide) groups is 4. The van der Waals surface area contributed by atoms with Gasteiger partial charge in [-0.1, -0.05) is 25.7 Å². The molecule has 2 aliphatic heterocycles. The highest BCUT2D eigenvalue weighted by molar-refractivity contribution is 8.18. The summed E-state index contributed by atoms with van der Waals surface area (Å²) in [5, 5.41) is 1.93. The SMILES string of the molecule is c1cc(C2SCC3CCCCC3S2)sc1CC1SCC2CCCC[C@@H]2S1. The zero-order valence-electron chi connectivity index (χ0n) is 15.4. The van der Waals surface area contributed by atoms with E-state index < -0.39 is 0 Å². The molecule has 4 fully saturated rings. The molecule has 2 aliphatic carbocycles. The van der Waals surface area contributed by atoms with E-state index in [2.05, 4.69) is 70.5 Å². The molecule has 0 N–H and O–H groups in total. The van der Waals surface area contributed by atoms with Crippen LogP contribution in [0.5, 0.6) is 0 Å². The Morgan fingerprint density at radius 2 is 1.46 bits per heavy atom. The largest absolute Gasteiger partial charge is 0.147 e. The van der Waals surface area contributed by atoms with Crippen LogP contribution in [0.2, 0.25) is 0 Å². The fourth-order valence-electron chi connectivity index (χ4n) is 5.01. The van der Waals surface area contributed by atoms with E-state index in [1.807, 2.05) is 0 Å². The maximum absolute atomic E-state index is 2.47. The van der Waals surface area contributed by atoms with Crippen LogP contribution in [0, 0.1) is 11.8 Å². The van der Waals surface area contributed by atoms with Crippen molar-refractivity contribution in [2.24, 2.45) is 11.8 Å². The van der Waals surface area contributed by atoms with Crippen molar-refractivity contribution < 1.29 is 0 Å². The third kappa shape index (κ3) is 4.32. The predicted molar refractivity (Wildman–Crippen MR) is 126 cm³/mol. The summed E-state index contributed by atoms with van der Waals surface area (Å²) in [6.07, 6.45) is 13.2. The Hall–Kier alpha value is 1.10. The van der Waals surface area contributed by atoms with Crippen LogP contribution in [-0.2, 0) is 6.42 Å². The lowest BCUT2D eigenvalue weighted by Crippen LogP contribution is -2.30. The number of hydrogen-bond acceptors (Lipinski definition) is 5. The molecule has 2 saturated carbocycles. The Bertz CT molecular complexity index is 599. The van der Waals surface area contributed by atoms with Crippen LogP contribution in [0.1, 0.15) is 65.7 Å². The highest BCUT2D eigenvalue weighted by Gasteiger charge is 2.35. The Morgan fingerprint density at radius 1 is 0.769 bits per heavy atom. The van der Waals surface area contributed by atoms with Gasteiger partial charge in [0.05, 0.1) is 9.16 Å². The molecule has 1 aromatic heterocycles. The average Bonchev–Trinajstić information content (AvgIpc) is 3.16. The first kappa shape index (κ1) is 19.1. The molecule has 1 aromatic rings. The molecule has 0 amide bonds. The smallest absolute Gasteiger partial charge is 0.0846 e. The fourth-order valence-corrected chi connectivity index (χ4v) is 13.9. The van der Waals surface area contributed by atoms with Crippen molar-refractivity contribution in [1.82, 2.24) is 0 Å². The van der Waals surface area contributed by atoms with Gasteiger partial charge in [0.25, 0.3) is 0 Å². The molecule has 0 radical (unpaired) electrons. The number of rotatable bonds is 3. The van der Waals surface area contributed by atoms with Crippen LogP contribution in [0.3, 0.4) is 0 Å². The summed E-state index contributed by atoms with van der Waals surface area (Å²) in [6.45, 7) is 0. The molecule has 5 heteroatoms. The number of thiophene rings is 1. The third-order valence-electron chi connectivity index (χ3n) is 6.54. The van der Waals surface area contributed by atoms with E-state index in [1.54, 1.807) is 9.75 Å². The van der Waals surface area contributed by atoms with Crippen molar-refractivity contribution in [3.05, 3.63) is 21.9 Å². The summed E-state index contributed by atoms with van der Waals surface area (Å²) in [6, 6.07) is 4.93. The first-order chi connectivity index (χ1) is 12.8. The van der Waals surface area contributed by atoms with Crippen molar-refractivity contribution in [1.29, 1.82) is 0 Å². The summed E-state index contributed by atoms with van der Waals surface area (Å²) in [7, 11) is 0. The quantitative estimate of drug-likeness (QED) is 0.470. The number of fused-ring (bicyclic) bond motifs is 2. The topological polar surface area (TPSA) is 0 Å². The minimum absolute atomic E-state index is 0.725. The van der Waals surface area contributed by atoms with Gasteiger partial charge in [0.1, 0.15) is 0 Å². The summed E-state index contributed by atoms with van der Waals surface area (Å²) >= 11 is 11.3. The molecule has 5 rings (SSSR count). The summed E-state index contributed by atoms with van der Waals surface area (Å²) in [4.78, 5) is 3.30. The predicted octanol–water partition coefficient (Wildman–Crippen LogP) is 7.69. The molecule has 0 nitrogen and oxygen atoms in total. The van der Waals surface area contributed by atoms with Crippen LogP contribution < -0.4 is 0 Å². The van der Waals surface area contributed by atoms with Gasteiger partial charge in [-0.2, -0.15) is 0 Å². The fraction of sp³-hybridized carbons (Fsp3) is 0.810. The lowest BCUT2D eigenvalue weighted by molar-refractivity contribution is 0.400. The molecule has 0 aromatic carbocycles. The first-order valence-electron chi connectivity index (χ1n) is 10.5. The zero-order valence-corrected chi connectivity index (χ0v) is 19.5. The molecular weight excluding hydrogens is 413 g/mol. The van der Waals surface area contributed by atoms with E-state index >= 15 is 0 Å². The van der Waals surface area contributed by atoms with Crippen molar-refractivity contribution in [2.75, 3.05) is 11.5 Å². The van der Waals surface area contributed by atoms with Crippen LogP contribution in [0.4, 0.5) is 0 Å². The molecule has 5 unspecified atom stereocenters. The Labute approximate surface area is 180 Å². The average molecular weight is 443 g/mol. The van der Waals surface area contributed by atoms with Crippen molar-refractivity contribution in [3.8, 4) is 0 Å². The van der Waals surface area contributed by atoms with E-state index in [-0.39, 0.29) is 0 Å². The summed E-state index contributed by atoms with van der Waals surface area (Å²) in [5.41, 5.74) is 0. The normalized spacial score (nSPS) is 40.6. The summed E-state index contributed by atoms with van der Waals surface area (Å²) in [5.74, 6) is 4.87. The van der Waals surface area contributed by atoms with Crippen molar-refractivity contribution >= 4 is 58.4 Å². The van der Waals surface area contributed by atoms with Gasteiger partial charge in [0.2, 0.25) is 0 Å². The van der Waals surface area contributed by atoms with Gasteiger partial charge in [-0.3, -0.25) is 0 Å².